The zero-order valence-electron chi connectivity index (χ0n) is 12.2. The molecule has 1 amide bonds. The molecule has 108 valence electrons. The number of nitrogens with two attached hydrogens (primary N) is 1. The summed E-state index contributed by atoms with van der Waals surface area (Å²) in [6.45, 7) is 8.56. The Bertz CT molecular complexity index is 398. The minimum absolute atomic E-state index is 0. The lowest BCUT2D eigenvalue weighted by Crippen LogP contribution is -2.39. The fraction of sp³-hybridized carbons (Fsp3) is 0.533. The zero-order valence-corrected chi connectivity index (χ0v) is 13.0. The van der Waals surface area contributed by atoms with Crippen LogP contribution in [0.4, 0.5) is 0 Å². The highest BCUT2D eigenvalue weighted by molar-refractivity contribution is 5.85. The van der Waals surface area contributed by atoms with Crippen molar-refractivity contribution in [3.8, 4) is 0 Å². The van der Waals surface area contributed by atoms with Gasteiger partial charge in [-0.2, -0.15) is 0 Å². The van der Waals surface area contributed by atoms with Crippen LogP contribution in [0.3, 0.4) is 0 Å². The molecule has 3 N–H and O–H groups in total. The first-order chi connectivity index (χ1) is 8.40. The normalized spacial score (nSPS) is 13.3. The van der Waals surface area contributed by atoms with Gasteiger partial charge < -0.3 is 11.1 Å². The van der Waals surface area contributed by atoms with Crippen molar-refractivity contribution in [1.82, 2.24) is 5.32 Å². The van der Waals surface area contributed by atoms with Gasteiger partial charge in [0.05, 0.1) is 0 Å². The highest BCUT2D eigenvalue weighted by Crippen LogP contribution is 2.09. The molecule has 1 aromatic rings. The Hall–Kier alpha value is -1.06. The quantitative estimate of drug-likeness (QED) is 0.872. The Morgan fingerprint density at radius 3 is 2.21 bits per heavy atom. The molecule has 2 unspecified atom stereocenters. The predicted octanol–water partition coefficient (Wildman–Crippen LogP) is 2.37. The Kier molecular flexibility index (Phi) is 7.72. The van der Waals surface area contributed by atoms with Crippen molar-refractivity contribution in [2.75, 3.05) is 6.54 Å². The lowest BCUT2D eigenvalue weighted by molar-refractivity contribution is -0.124. The van der Waals surface area contributed by atoms with E-state index in [1.165, 1.54) is 16.7 Å². The van der Waals surface area contributed by atoms with Gasteiger partial charge in [-0.05, 0) is 32.8 Å². The number of hydrogen-bond donors (Lipinski definition) is 2. The Morgan fingerprint density at radius 1 is 1.21 bits per heavy atom. The van der Waals surface area contributed by atoms with E-state index in [0.29, 0.717) is 6.54 Å². The maximum atomic E-state index is 11.7. The van der Waals surface area contributed by atoms with E-state index in [-0.39, 0.29) is 30.3 Å². The molecule has 0 bridgehead atoms. The Morgan fingerprint density at radius 2 is 1.74 bits per heavy atom. The zero-order chi connectivity index (χ0) is 13.7. The van der Waals surface area contributed by atoms with Gasteiger partial charge in [-0.3, -0.25) is 4.79 Å². The molecule has 0 spiro atoms. The lowest BCUT2D eigenvalue weighted by atomic mass is 10.0. The molecule has 0 saturated carbocycles. The van der Waals surface area contributed by atoms with E-state index in [0.717, 1.165) is 6.42 Å². The van der Waals surface area contributed by atoms with Crippen LogP contribution in [-0.4, -0.2) is 18.5 Å². The number of carbonyl (C=O) groups excluding carboxylic acids is 1. The second-order valence-corrected chi connectivity index (χ2v) is 5.18. The molecule has 0 aliphatic rings. The maximum Gasteiger partial charge on any atom is 0.224 e. The summed E-state index contributed by atoms with van der Waals surface area (Å²) in [6, 6.07) is 6.37. The van der Waals surface area contributed by atoms with Gasteiger partial charge in [0.1, 0.15) is 0 Å². The van der Waals surface area contributed by atoms with E-state index in [9.17, 15) is 4.79 Å². The summed E-state index contributed by atoms with van der Waals surface area (Å²) in [5, 5.41) is 2.93. The van der Waals surface area contributed by atoms with Crippen LogP contribution in [0.15, 0.2) is 18.2 Å². The summed E-state index contributed by atoms with van der Waals surface area (Å²) < 4.78 is 0. The summed E-state index contributed by atoms with van der Waals surface area (Å²) in [7, 11) is 0. The molecule has 0 fully saturated rings. The maximum absolute atomic E-state index is 11.7. The summed E-state index contributed by atoms with van der Waals surface area (Å²) >= 11 is 0. The summed E-state index contributed by atoms with van der Waals surface area (Å²) in [5.41, 5.74) is 9.49. The van der Waals surface area contributed by atoms with Crippen molar-refractivity contribution in [3.63, 3.8) is 0 Å². The van der Waals surface area contributed by atoms with Gasteiger partial charge in [-0.1, -0.05) is 36.2 Å². The third-order valence-electron chi connectivity index (χ3n) is 3.20. The van der Waals surface area contributed by atoms with E-state index in [4.69, 9.17) is 5.73 Å². The third kappa shape index (κ3) is 6.08. The highest BCUT2D eigenvalue weighted by atomic mass is 35.5. The summed E-state index contributed by atoms with van der Waals surface area (Å²) in [5.74, 6) is -0.0985. The first kappa shape index (κ1) is 17.9. The first-order valence-electron chi connectivity index (χ1n) is 6.50. The Labute approximate surface area is 122 Å². The van der Waals surface area contributed by atoms with Crippen molar-refractivity contribution in [2.24, 2.45) is 11.7 Å². The van der Waals surface area contributed by atoms with Crippen molar-refractivity contribution < 1.29 is 4.79 Å². The van der Waals surface area contributed by atoms with Crippen LogP contribution in [0, 0.1) is 19.8 Å². The molecular formula is C15H25ClN2O. The first-order valence-corrected chi connectivity index (χ1v) is 6.50. The minimum Gasteiger partial charge on any atom is -0.355 e. The smallest absolute Gasteiger partial charge is 0.224 e. The van der Waals surface area contributed by atoms with Crippen molar-refractivity contribution in [1.29, 1.82) is 0 Å². The van der Waals surface area contributed by atoms with Crippen molar-refractivity contribution in [3.05, 3.63) is 34.9 Å². The van der Waals surface area contributed by atoms with Crippen LogP contribution in [0.2, 0.25) is 0 Å². The molecule has 19 heavy (non-hydrogen) atoms. The van der Waals surface area contributed by atoms with Gasteiger partial charge in [0.2, 0.25) is 5.91 Å². The standard InChI is InChI=1S/C15H24N2O.ClH/c1-10-7-11(2)9-14(8-10)5-6-17-15(18)12(3)13(4)16;/h7-9,12-13H,5-6,16H2,1-4H3,(H,17,18);1H. The van der Waals surface area contributed by atoms with Gasteiger partial charge in [-0.15, -0.1) is 12.4 Å². The van der Waals surface area contributed by atoms with Crippen LogP contribution in [0.25, 0.3) is 0 Å². The fourth-order valence-electron chi connectivity index (χ4n) is 1.94. The largest absolute Gasteiger partial charge is 0.355 e. The van der Waals surface area contributed by atoms with Crippen LogP contribution in [0.1, 0.15) is 30.5 Å². The Balaban J connectivity index is 0.00000324. The van der Waals surface area contributed by atoms with E-state index in [1.807, 2.05) is 13.8 Å². The molecule has 3 nitrogen and oxygen atoms in total. The molecule has 0 radical (unpaired) electrons. The second-order valence-electron chi connectivity index (χ2n) is 5.18. The predicted molar refractivity (Wildman–Crippen MR) is 82.7 cm³/mol. The number of carbonyl (C=O) groups is 1. The van der Waals surface area contributed by atoms with E-state index in [2.05, 4.69) is 37.4 Å². The van der Waals surface area contributed by atoms with Gasteiger partial charge in [0.25, 0.3) is 0 Å². The minimum atomic E-state index is -0.135. The summed E-state index contributed by atoms with van der Waals surface area (Å²) in [6.07, 6.45) is 0.861. The van der Waals surface area contributed by atoms with Crippen molar-refractivity contribution in [2.45, 2.75) is 40.2 Å². The molecule has 0 heterocycles. The number of amides is 1. The number of nitrogens with one attached hydrogen (secondary N) is 1. The number of hydrogen-bond acceptors (Lipinski definition) is 2. The molecule has 2 atom stereocenters. The molecule has 0 saturated heterocycles. The van der Waals surface area contributed by atoms with Crippen LogP contribution < -0.4 is 11.1 Å². The molecule has 4 heteroatoms. The van der Waals surface area contributed by atoms with E-state index < -0.39 is 0 Å². The molecule has 0 aliphatic carbocycles. The van der Waals surface area contributed by atoms with Crippen LogP contribution in [0.5, 0.6) is 0 Å². The second kappa shape index (κ2) is 8.18. The molecule has 1 rings (SSSR count). The van der Waals surface area contributed by atoms with E-state index in [1.54, 1.807) is 0 Å². The average Bonchev–Trinajstić information content (AvgIpc) is 2.26. The number of halogens is 1. The molecule has 1 aromatic carbocycles. The monoisotopic (exact) mass is 284 g/mol. The van der Waals surface area contributed by atoms with Gasteiger partial charge in [0, 0.05) is 18.5 Å². The average molecular weight is 285 g/mol. The molecule has 0 aromatic heterocycles. The van der Waals surface area contributed by atoms with E-state index >= 15 is 0 Å². The van der Waals surface area contributed by atoms with Crippen LogP contribution >= 0.6 is 12.4 Å². The number of rotatable bonds is 5. The third-order valence-corrected chi connectivity index (χ3v) is 3.20. The molecule has 0 aliphatic heterocycles. The molecular weight excluding hydrogens is 260 g/mol. The van der Waals surface area contributed by atoms with Gasteiger partial charge in [-0.25, -0.2) is 0 Å². The van der Waals surface area contributed by atoms with Crippen molar-refractivity contribution >= 4 is 18.3 Å². The lowest BCUT2D eigenvalue weighted by Gasteiger charge is -2.15. The van der Waals surface area contributed by atoms with Crippen LogP contribution in [-0.2, 0) is 11.2 Å². The summed E-state index contributed by atoms with van der Waals surface area (Å²) in [4.78, 5) is 11.7. The topological polar surface area (TPSA) is 55.1 Å². The number of benzene rings is 1. The fourth-order valence-corrected chi connectivity index (χ4v) is 1.94. The van der Waals surface area contributed by atoms with Gasteiger partial charge >= 0.3 is 0 Å². The SMILES string of the molecule is Cc1cc(C)cc(CCNC(=O)C(C)C(C)N)c1.Cl. The highest BCUT2D eigenvalue weighted by Gasteiger charge is 2.15. The van der Waals surface area contributed by atoms with Gasteiger partial charge in [0.15, 0.2) is 0 Å². The number of aryl methyl sites for hydroxylation is 2.